The number of phenolic OH excluding ortho intramolecular Hbond substituents is 2. The largest absolute Gasteiger partial charge is 0.501 e. The van der Waals surface area contributed by atoms with Crippen molar-refractivity contribution < 1.29 is 40.2 Å². The molecule has 0 saturated heterocycles. The van der Waals surface area contributed by atoms with Gasteiger partial charge in [0.25, 0.3) is 0 Å². The van der Waals surface area contributed by atoms with Crippen molar-refractivity contribution in [3.05, 3.63) is 130 Å². The van der Waals surface area contributed by atoms with Crippen molar-refractivity contribution in [2.24, 2.45) is 0 Å². The molecule has 0 aliphatic carbocycles. The number of aromatic hydroxyl groups is 2. The Balaban J connectivity index is 1.45. The van der Waals surface area contributed by atoms with Crippen molar-refractivity contribution in [2.75, 3.05) is 0 Å². The molecule has 13 nitrogen and oxygen atoms in total. The van der Waals surface area contributed by atoms with Crippen LogP contribution >= 0.6 is 0 Å². The van der Waals surface area contributed by atoms with E-state index in [1.54, 1.807) is 18.2 Å². The third-order valence-corrected chi connectivity index (χ3v) is 9.94. The van der Waals surface area contributed by atoms with E-state index in [4.69, 9.17) is 19.2 Å². The summed E-state index contributed by atoms with van der Waals surface area (Å²) < 4.78 is 65.4. The predicted molar refractivity (Wildman–Crippen MR) is 173 cm³/mol. The zero-order valence-corrected chi connectivity index (χ0v) is 25.9. The zero-order chi connectivity index (χ0) is 34.2. The topological polar surface area (TPSA) is 201 Å². The maximum Gasteiger partial charge on any atom is 0.426 e. The van der Waals surface area contributed by atoms with Crippen LogP contribution < -0.4 is 8.37 Å². The van der Waals surface area contributed by atoms with E-state index in [1.807, 2.05) is 0 Å². The molecule has 0 atom stereocenters. The number of fused-ring (bicyclic) bond motifs is 2. The second-order valence-electron chi connectivity index (χ2n) is 10.2. The lowest BCUT2D eigenvalue weighted by Gasteiger charge is -2.15. The van der Waals surface area contributed by atoms with Gasteiger partial charge in [-0.1, -0.05) is 54.6 Å². The van der Waals surface area contributed by atoms with Crippen molar-refractivity contribution in [2.45, 2.75) is 9.79 Å². The highest BCUT2D eigenvalue weighted by Crippen LogP contribution is 2.40. The number of benzene rings is 6. The van der Waals surface area contributed by atoms with Gasteiger partial charge in [0.1, 0.15) is 15.5 Å². The van der Waals surface area contributed by atoms with E-state index in [0.29, 0.717) is 0 Å². The van der Waals surface area contributed by atoms with E-state index >= 15 is 0 Å². The van der Waals surface area contributed by atoms with Gasteiger partial charge in [-0.05, 0) is 36.4 Å². The van der Waals surface area contributed by atoms with Gasteiger partial charge in [-0.25, -0.2) is 0 Å². The summed E-state index contributed by atoms with van der Waals surface area (Å²) in [6.45, 7) is 0. The number of ketones is 1. The van der Waals surface area contributed by atoms with Gasteiger partial charge in [0.2, 0.25) is 22.3 Å². The van der Waals surface area contributed by atoms with Crippen LogP contribution in [0.5, 0.6) is 23.0 Å². The lowest BCUT2D eigenvalue weighted by Crippen LogP contribution is -2.14. The van der Waals surface area contributed by atoms with E-state index in [2.05, 4.69) is 9.95 Å². The van der Waals surface area contributed by atoms with Crippen LogP contribution in [-0.2, 0) is 20.2 Å². The molecular weight excluding hydrogens is 661 g/mol. The minimum Gasteiger partial charge on any atom is -0.501 e. The van der Waals surface area contributed by atoms with Crippen LogP contribution in [0.1, 0.15) is 15.9 Å². The van der Waals surface area contributed by atoms with Gasteiger partial charge < -0.3 is 18.6 Å². The molecule has 0 spiro atoms. The summed E-state index contributed by atoms with van der Waals surface area (Å²) in [5.41, 5.74) is -0.454. The van der Waals surface area contributed by atoms with Gasteiger partial charge in [-0.3, -0.25) is 4.79 Å². The first kappa shape index (κ1) is 31.4. The number of hydrogen-bond acceptors (Lipinski definition) is 11. The summed E-state index contributed by atoms with van der Waals surface area (Å²) in [6, 6.07) is 24.0. The van der Waals surface area contributed by atoms with Gasteiger partial charge >= 0.3 is 31.6 Å². The molecule has 0 amide bonds. The van der Waals surface area contributed by atoms with Crippen LogP contribution in [0.4, 0.5) is 11.4 Å². The van der Waals surface area contributed by atoms with Crippen LogP contribution in [0.3, 0.4) is 0 Å². The van der Waals surface area contributed by atoms with Crippen molar-refractivity contribution in [3.8, 4) is 23.0 Å². The number of nitrogens with zero attached hydrogens (tertiary/aromatic N) is 4. The van der Waals surface area contributed by atoms with Crippen molar-refractivity contribution in [3.63, 3.8) is 0 Å². The summed E-state index contributed by atoms with van der Waals surface area (Å²) in [6.07, 6.45) is 0. The highest BCUT2D eigenvalue weighted by atomic mass is 32.2. The van der Waals surface area contributed by atoms with Gasteiger partial charge in [0.05, 0.1) is 5.56 Å². The highest BCUT2D eigenvalue weighted by Gasteiger charge is 2.29. The SMILES string of the molecule is N#[N+]c1ccc2c(S(=O)(=O)Oc3ccc(C(=O)c4ccccc4)c(OS(=O)(=O)c4cccc5c(O)c([N+]#N)ccc45)c3)cccc2c1O. The second-order valence-corrected chi connectivity index (χ2v) is 13.2. The number of carbonyl (C=O) groups is 1. The number of hydrogen-bond donors (Lipinski definition) is 2. The van der Waals surface area contributed by atoms with Crippen LogP contribution in [-0.4, -0.2) is 32.8 Å². The molecule has 2 N–H and O–H groups in total. The first-order chi connectivity index (χ1) is 22.9. The molecule has 6 aromatic carbocycles. The third kappa shape index (κ3) is 5.56. The quantitative estimate of drug-likeness (QED) is 0.0940. The van der Waals surface area contributed by atoms with Gasteiger partial charge in [0.15, 0.2) is 21.5 Å². The van der Waals surface area contributed by atoms with Crippen LogP contribution in [0, 0.1) is 10.8 Å². The first-order valence-corrected chi connectivity index (χ1v) is 16.6. The molecule has 48 heavy (non-hydrogen) atoms. The molecule has 0 saturated carbocycles. The molecule has 0 fully saturated rings. The molecule has 0 bridgehead atoms. The van der Waals surface area contributed by atoms with Crippen LogP contribution in [0.15, 0.2) is 119 Å². The monoisotopic (exact) mass is 680 g/mol. The fourth-order valence-corrected chi connectivity index (χ4v) is 7.39. The summed E-state index contributed by atoms with van der Waals surface area (Å²) >= 11 is 0. The molecule has 0 radical (unpaired) electrons. The highest BCUT2D eigenvalue weighted by molar-refractivity contribution is 7.87. The first-order valence-electron chi connectivity index (χ1n) is 13.8. The normalized spacial score (nSPS) is 11.5. The van der Waals surface area contributed by atoms with Crippen molar-refractivity contribution >= 4 is 58.9 Å². The van der Waals surface area contributed by atoms with Crippen molar-refractivity contribution in [1.82, 2.24) is 0 Å². The van der Waals surface area contributed by atoms with E-state index in [1.165, 1.54) is 72.8 Å². The molecule has 0 aliphatic heterocycles. The Morgan fingerprint density at radius 3 is 1.62 bits per heavy atom. The molecular formula is C33H20N4O9S2+2. The number of diazo groups is 2. The van der Waals surface area contributed by atoms with E-state index in [0.717, 1.165) is 18.2 Å². The minimum atomic E-state index is -4.79. The minimum absolute atomic E-state index is 0.00434. The Labute approximate surface area is 272 Å². The molecule has 0 unspecified atom stereocenters. The molecule has 236 valence electrons. The molecule has 6 aromatic rings. The van der Waals surface area contributed by atoms with E-state index in [9.17, 15) is 31.8 Å². The molecule has 0 heterocycles. The maximum atomic E-state index is 13.7. The Hall–Kier alpha value is -6.55. The number of carbonyl (C=O) groups excluding carboxylic acids is 1. The van der Waals surface area contributed by atoms with E-state index in [-0.39, 0.29) is 48.9 Å². The summed E-state index contributed by atoms with van der Waals surface area (Å²) in [5.74, 6) is -2.59. The molecule has 6 rings (SSSR count). The smallest absolute Gasteiger partial charge is 0.426 e. The van der Waals surface area contributed by atoms with Gasteiger partial charge in [-0.2, -0.15) is 16.8 Å². The Morgan fingerprint density at radius 2 is 1.10 bits per heavy atom. The predicted octanol–water partition coefficient (Wildman–Crippen LogP) is 7.14. The number of rotatable bonds is 8. The Morgan fingerprint density at radius 1 is 0.583 bits per heavy atom. The third-order valence-electron chi connectivity index (χ3n) is 7.34. The second kappa shape index (κ2) is 12.0. The van der Waals surface area contributed by atoms with Gasteiger partial charge in [-0.15, -0.1) is 0 Å². The van der Waals surface area contributed by atoms with Gasteiger partial charge in [0, 0.05) is 45.3 Å². The van der Waals surface area contributed by atoms with E-state index < -0.39 is 53.9 Å². The van der Waals surface area contributed by atoms with Crippen LogP contribution in [0.25, 0.3) is 31.5 Å². The van der Waals surface area contributed by atoms with Crippen molar-refractivity contribution in [1.29, 1.82) is 10.8 Å². The average molecular weight is 681 g/mol. The fraction of sp³-hybridized carbons (Fsp3) is 0. The Kier molecular flexibility index (Phi) is 7.85. The standard InChI is InChI=1S/C33H18N4O9S2/c34-36-26-16-14-21-23(32(26)39)8-4-10-29(21)47(41,42)45-20-12-13-25(31(38)19-6-2-1-3-7-19)28(18-20)46-48(43,44)30-11-5-9-24-22(30)15-17-27(37-35)33(24)40/h1-18H/p+2. The Bertz CT molecular complexity index is 2620. The summed E-state index contributed by atoms with van der Waals surface area (Å²) in [4.78, 5) is 18.7. The van der Waals surface area contributed by atoms with Crippen LogP contribution in [0.2, 0.25) is 0 Å². The lowest BCUT2D eigenvalue weighted by molar-refractivity contribution is 0.103. The summed E-state index contributed by atoms with van der Waals surface area (Å²) in [7, 11) is -9.45. The summed E-state index contributed by atoms with van der Waals surface area (Å²) in [5, 5.41) is 39.3. The lowest BCUT2D eigenvalue weighted by atomic mass is 10.0. The molecule has 0 aliphatic rings. The maximum absolute atomic E-state index is 13.7. The fourth-order valence-electron chi connectivity index (χ4n) is 5.09. The number of phenols is 2. The average Bonchev–Trinajstić information content (AvgIpc) is 3.08. The molecule has 0 aromatic heterocycles. The molecule has 15 heteroatoms. The zero-order valence-electron chi connectivity index (χ0n) is 24.2.